The molecule has 2 fully saturated rings. The van der Waals surface area contributed by atoms with E-state index in [1.54, 1.807) is 0 Å². The highest BCUT2D eigenvalue weighted by molar-refractivity contribution is 5.93. The first-order valence-corrected chi connectivity index (χ1v) is 20.1. The molecule has 2 aliphatic rings. The Balaban J connectivity index is 1.58. The normalized spacial score (nSPS) is 22.6. The van der Waals surface area contributed by atoms with E-state index in [1.807, 2.05) is 51.7 Å². The van der Waals surface area contributed by atoms with Crippen LogP contribution in [0, 0.1) is 30.6 Å². The predicted octanol–water partition coefficient (Wildman–Crippen LogP) is 8.17. The first-order chi connectivity index (χ1) is 25.6. The summed E-state index contributed by atoms with van der Waals surface area (Å²) < 4.78 is 18.4. The van der Waals surface area contributed by atoms with Crippen LogP contribution in [0.15, 0.2) is 36.4 Å². The van der Waals surface area contributed by atoms with Crippen LogP contribution in [0.4, 0.5) is 0 Å². The number of carbonyl (C=O) groups excluding carboxylic acids is 4. The third-order valence-electron chi connectivity index (χ3n) is 11.6. The zero-order valence-electron chi connectivity index (χ0n) is 35.7. The first-order valence-electron chi connectivity index (χ1n) is 20.1. The number of benzene rings is 2. The molecule has 1 amide bonds. The average Bonchev–Trinajstić information content (AvgIpc) is 3.10. The molecule has 2 aromatic rings. The summed E-state index contributed by atoms with van der Waals surface area (Å²) in [6.45, 7) is 26.0. The van der Waals surface area contributed by atoms with Crippen LogP contribution in [0.3, 0.4) is 0 Å². The number of nitrogens with zero attached hydrogens (tertiary/aromatic N) is 2. The van der Waals surface area contributed by atoms with E-state index in [-0.39, 0.29) is 36.1 Å². The van der Waals surface area contributed by atoms with E-state index in [0.717, 1.165) is 47.3 Å². The van der Waals surface area contributed by atoms with Crippen LogP contribution < -0.4 is 0 Å². The number of rotatable bonds is 13. The summed E-state index contributed by atoms with van der Waals surface area (Å²) in [4.78, 5) is 55.8. The smallest absolute Gasteiger partial charge is 0.303 e. The zero-order chi connectivity index (χ0) is 41.0. The van der Waals surface area contributed by atoms with Crippen molar-refractivity contribution in [2.24, 2.45) is 16.7 Å². The second kappa shape index (κ2) is 18.0. The molecule has 0 unspecified atom stereocenters. The summed E-state index contributed by atoms with van der Waals surface area (Å²) in [5, 5.41) is 0. The molecule has 55 heavy (non-hydrogen) atoms. The quantitative estimate of drug-likeness (QED) is 0.189. The Morgan fingerprint density at radius 2 is 1.51 bits per heavy atom. The van der Waals surface area contributed by atoms with Gasteiger partial charge in [-0.05, 0) is 92.4 Å². The van der Waals surface area contributed by atoms with Crippen LogP contribution in [0.2, 0.25) is 0 Å². The lowest BCUT2D eigenvalue weighted by molar-refractivity contribution is -0.225. The molecule has 0 aromatic heterocycles. The third-order valence-corrected chi connectivity index (χ3v) is 11.6. The van der Waals surface area contributed by atoms with E-state index in [1.165, 1.54) is 25.0 Å². The van der Waals surface area contributed by atoms with Crippen molar-refractivity contribution in [3.05, 3.63) is 75.4 Å². The maximum atomic E-state index is 13.6. The van der Waals surface area contributed by atoms with Crippen molar-refractivity contribution in [1.29, 1.82) is 0 Å². The molecule has 9 heteroatoms. The Hall–Kier alpha value is -3.82. The van der Waals surface area contributed by atoms with E-state index in [0.29, 0.717) is 19.5 Å². The molecule has 0 radical (unpaired) electrons. The fourth-order valence-corrected chi connectivity index (χ4v) is 8.03. The van der Waals surface area contributed by atoms with Crippen LogP contribution >= 0.6 is 0 Å². The molecule has 2 aliphatic heterocycles. The molecular weight excluding hydrogens is 693 g/mol. The van der Waals surface area contributed by atoms with E-state index in [2.05, 4.69) is 76.9 Å². The highest BCUT2D eigenvalue weighted by Gasteiger charge is 2.48. The fraction of sp³-hybridized carbons (Fsp3) is 0.609. The maximum absolute atomic E-state index is 13.6. The van der Waals surface area contributed by atoms with Gasteiger partial charge in [-0.2, -0.15) is 0 Å². The Labute approximate surface area is 330 Å². The molecule has 2 heterocycles. The minimum Gasteiger partial charge on any atom is -0.458 e. The molecule has 9 nitrogen and oxygen atoms in total. The number of piperazine rings is 1. The molecule has 0 saturated carbocycles. The largest absolute Gasteiger partial charge is 0.458 e. The summed E-state index contributed by atoms with van der Waals surface area (Å²) in [6.07, 6.45) is 3.33. The van der Waals surface area contributed by atoms with Crippen LogP contribution in [0.25, 0.3) is 6.08 Å². The highest BCUT2D eigenvalue weighted by atomic mass is 16.6. The van der Waals surface area contributed by atoms with Gasteiger partial charge in [0.15, 0.2) is 6.10 Å². The number of carbonyl (C=O) groups is 4. The van der Waals surface area contributed by atoms with Gasteiger partial charge in [0, 0.05) is 57.8 Å². The lowest BCUT2D eigenvalue weighted by atomic mass is 9.76. The average molecular weight is 759 g/mol. The van der Waals surface area contributed by atoms with Gasteiger partial charge in [0.2, 0.25) is 5.91 Å². The molecule has 5 atom stereocenters. The Morgan fingerprint density at radius 3 is 2.07 bits per heavy atom. The van der Waals surface area contributed by atoms with Crippen molar-refractivity contribution >= 4 is 29.7 Å². The van der Waals surface area contributed by atoms with Crippen molar-refractivity contribution in [3.8, 4) is 0 Å². The number of amides is 1. The minimum atomic E-state index is -0.789. The summed E-state index contributed by atoms with van der Waals surface area (Å²) >= 11 is 0. The van der Waals surface area contributed by atoms with Gasteiger partial charge < -0.3 is 24.0 Å². The SMILES string of the molecule is CC[C@H]1O[C@@H](c2cc(Cc3ccc(/C=C/C(C)(C)C(=O)CC(C)(C)C(=O)N4CCN(C)CC4)cc3C)c(C(C)C)cc2C)[C@H](OC(C)=O)[C@@H](OC(C)=O)[C@@H]1C. The fourth-order valence-electron chi connectivity index (χ4n) is 8.03. The van der Waals surface area contributed by atoms with Gasteiger partial charge in [0.05, 0.1) is 11.5 Å². The summed E-state index contributed by atoms with van der Waals surface area (Å²) in [5.41, 5.74) is 6.12. The van der Waals surface area contributed by atoms with E-state index in [4.69, 9.17) is 14.2 Å². The topological polar surface area (TPSA) is 102 Å². The van der Waals surface area contributed by atoms with Crippen LogP contribution in [0.1, 0.15) is 133 Å². The minimum absolute atomic E-state index is 0.0396. The number of esters is 2. The number of allylic oxidation sites excluding steroid dienone is 1. The predicted molar refractivity (Wildman–Crippen MR) is 218 cm³/mol. The van der Waals surface area contributed by atoms with Gasteiger partial charge in [-0.3, -0.25) is 19.2 Å². The number of ketones is 1. The van der Waals surface area contributed by atoms with Crippen LogP contribution in [-0.2, 0) is 39.8 Å². The van der Waals surface area contributed by atoms with Gasteiger partial charge in [-0.1, -0.05) is 84.0 Å². The van der Waals surface area contributed by atoms with Gasteiger partial charge >= 0.3 is 11.9 Å². The van der Waals surface area contributed by atoms with Crippen molar-refractivity contribution in [2.45, 2.75) is 133 Å². The van der Waals surface area contributed by atoms with Crippen molar-refractivity contribution in [3.63, 3.8) is 0 Å². The number of Topliss-reactive ketones (excluding diaryl/α,β-unsaturated/α-hetero) is 1. The summed E-state index contributed by atoms with van der Waals surface area (Å²) in [7, 11) is 2.06. The number of hydrogen-bond acceptors (Lipinski definition) is 8. The van der Waals surface area contributed by atoms with E-state index < -0.39 is 41.1 Å². The lowest BCUT2D eigenvalue weighted by Gasteiger charge is -2.45. The monoisotopic (exact) mass is 758 g/mol. The molecule has 0 aliphatic carbocycles. The molecule has 0 N–H and O–H groups in total. The Bertz CT molecular complexity index is 1750. The van der Waals surface area contributed by atoms with Crippen LogP contribution in [0.5, 0.6) is 0 Å². The number of aryl methyl sites for hydroxylation is 2. The summed E-state index contributed by atoms with van der Waals surface area (Å²) in [6, 6.07) is 10.8. The van der Waals surface area contributed by atoms with Crippen molar-refractivity contribution in [1.82, 2.24) is 9.80 Å². The molecule has 0 spiro atoms. The van der Waals surface area contributed by atoms with E-state index in [9.17, 15) is 19.2 Å². The third kappa shape index (κ3) is 10.7. The van der Waals surface area contributed by atoms with Gasteiger partial charge in [-0.15, -0.1) is 0 Å². The maximum Gasteiger partial charge on any atom is 0.303 e. The standard InChI is InChI=1S/C46H66N2O7/c1-14-39-31(6)41(53-32(7)49)43(54-33(8)50)42(55-39)38-26-36(37(28(2)3)24-30(38)5)25-35-16-15-34(23-29(35)4)17-18-45(9,10)40(51)27-46(11,12)44(52)48-21-19-47(13)20-22-48/h15-18,23-24,26,28,31,39,41-43H,14,19-22,25,27H2,1-13H3/b18-17+/t31-,39-,41+,42+,43-/m1/s1. The molecular formula is C46H66N2O7. The van der Waals surface area contributed by atoms with Crippen LogP contribution in [-0.4, -0.2) is 85.0 Å². The second-order valence-corrected chi connectivity index (χ2v) is 17.6. The molecule has 2 aromatic carbocycles. The molecule has 4 rings (SSSR count). The molecule has 2 saturated heterocycles. The Morgan fingerprint density at radius 1 is 0.891 bits per heavy atom. The Kier molecular flexibility index (Phi) is 14.3. The number of ether oxygens (including phenoxy) is 3. The van der Waals surface area contributed by atoms with Crippen molar-refractivity contribution < 1.29 is 33.4 Å². The summed E-state index contributed by atoms with van der Waals surface area (Å²) in [5.74, 6) is -0.683. The van der Waals surface area contributed by atoms with Gasteiger partial charge in [-0.25, -0.2) is 0 Å². The van der Waals surface area contributed by atoms with E-state index >= 15 is 0 Å². The zero-order valence-corrected chi connectivity index (χ0v) is 35.7. The highest BCUT2D eigenvalue weighted by Crippen LogP contribution is 2.42. The van der Waals surface area contributed by atoms with Crippen molar-refractivity contribution in [2.75, 3.05) is 33.2 Å². The molecule has 302 valence electrons. The number of hydrogen-bond donors (Lipinski definition) is 0. The first kappa shape index (κ1) is 43.9. The molecule has 0 bridgehead atoms. The second-order valence-electron chi connectivity index (χ2n) is 17.6. The van der Waals surface area contributed by atoms with Gasteiger partial charge in [0.1, 0.15) is 18.0 Å². The number of likely N-dealkylation sites (N-methyl/N-ethyl adjacent to an activating group) is 1. The van der Waals surface area contributed by atoms with Gasteiger partial charge in [0.25, 0.3) is 0 Å². The lowest BCUT2D eigenvalue weighted by Crippen LogP contribution is -2.53.